The molecule has 0 unspecified atom stereocenters. The Hall–Kier alpha value is -1.28. The minimum atomic E-state index is 0.285. The number of nitrogens with one attached hydrogen (secondary N) is 1. The van der Waals surface area contributed by atoms with Gasteiger partial charge in [-0.15, -0.1) is 0 Å². The summed E-state index contributed by atoms with van der Waals surface area (Å²) in [4.78, 5) is 3.29. The van der Waals surface area contributed by atoms with E-state index < -0.39 is 0 Å². The fourth-order valence-corrected chi connectivity index (χ4v) is 1.80. The normalized spacial score (nSPS) is 12.9. The third kappa shape index (κ3) is 5.37. The summed E-state index contributed by atoms with van der Waals surface area (Å²) in [5.74, 6) is 0. The molecule has 0 amide bonds. The highest BCUT2D eigenvalue weighted by Crippen LogP contribution is 1.97. The van der Waals surface area contributed by atoms with Gasteiger partial charge in [-0.1, -0.05) is 32.1 Å². The van der Waals surface area contributed by atoms with Gasteiger partial charge >= 0.3 is 0 Å². The largest absolute Gasteiger partial charge is 0.396 e. The Labute approximate surface area is 111 Å². The molecule has 102 valence electrons. The van der Waals surface area contributed by atoms with Crippen molar-refractivity contribution in [3.05, 3.63) is 34.5 Å². The summed E-state index contributed by atoms with van der Waals surface area (Å²) in [7, 11) is 0. The number of H-pyrrole nitrogens is 1. The number of aromatic amines is 1. The zero-order valence-electron chi connectivity index (χ0n) is 12.2. The first-order valence-corrected chi connectivity index (χ1v) is 6.90. The fraction of sp³-hybridized carbons (Fsp3) is 0.500. The summed E-state index contributed by atoms with van der Waals surface area (Å²) < 4.78 is 0. The van der Waals surface area contributed by atoms with Gasteiger partial charge in [-0.3, -0.25) is 0 Å². The standard InChI is InChI=1S/C14H21NO.C2H6/c1-3-5-9-14-13(4-2)12(11-15-14)8-6-7-10-16;1-2/h3-5,9,11,15-16H,6-8,10H2,1-2H3;1-2H3/b5-3-,13-4-,14-9+;. The van der Waals surface area contributed by atoms with Gasteiger partial charge in [0.25, 0.3) is 0 Å². The molecule has 0 spiro atoms. The number of aliphatic hydroxyl groups excluding tert-OH is 1. The second-order valence-electron chi connectivity index (χ2n) is 3.80. The van der Waals surface area contributed by atoms with Gasteiger partial charge in [-0.2, -0.15) is 0 Å². The molecule has 2 nitrogen and oxygen atoms in total. The maximum atomic E-state index is 8.76. The average Bonchev–Trinajstić information content (AvgIpc) is 2.81. The lowest BCUT2D eigenvalue weighted by atomic mass is 10.1. The van der Waals surface area contributed by atoms with Crippen LogP contribution in [0.1, 0.15) is 46.1 Å². The van der Waals surface area contributed by atoms with E-state index in [1.54, 1.807) is 0 Å². The Bertz CT molecular complexity index is 440. The summed E-state index contributed by atoms with van der Waals surface area (Å²) in [5.41, 5.74) is 1.34. The molecule has 1 heterocycles. The van der Waals surface area contributed by atoms with E-state index in [2.05, 4.69) is 30.3 Å². The van der Waals surface area contributed by atoms with Gasteiger partial charge in [-0.05, 0) is 50.0 Å². The van der Waals surface area contributed by atoms with Crippen molar-refractivity contribution in [1.29, 1.82) is 0 Å². The first kappa shape index (κ1) is 16.7. The molecule has 1 aromatic rings. The van der Waals surface area contributed by atoms with Crippen molar-refractivity contribution in [1.82, 2.24) is 4.98 Å². The first-order valence-electron chi connectivity index (χ1n) is 6.90. The van der Waals surface area contributed by atoms with Gasteiger partial charge < -0.3 is 10.1 Å². The number of hydrogen-bond donors (Lipinski definition) is 2. The Morgan fingerprint density at radius 2 is 1.94 bits per heavy atom. The van der Waals surface area contributed by atoms with Crippen LogP contribution in [0.15, 0.2) is 18.3 Å². The van der Waals surface area contributed by atoms with Gasteiger partial charge in [-0.25, -0.2) is 0 Å². The molecule has 0 fully saturated rings. The van der Waals surface area contributed by atoms with E-state index in [0.29, 0.717) is 0 Å². The Kier molecular flexibility index (Phi) is 10.1. The minimum Gasteiger partial charge on any atom is -0.396 e. The van der Waals surface area contributed by atoms with Crippen LogP contribution >= 0.6 is 0 Å². The van der Waals surface area contributed by atoms with Crippen molar-refractivity contribution in [3.63, 3.8) is 0 Å². The molecule has 0 radical (unpaired) electrons. The number of rotatable bonds is 5. The second-order valence-corrected chi connectivity index (χ2v) is 3.80. The fourth-order valence-electron chi connectivity index (χ4n) is 1.80. The van der Waals surface area contributed by atoms with Crippen LogP contribution in [-0.2, 0) is 6.42 Å². The molecule has 18 heavy (non-hydrogen) atoms. The molecule has 0 saturated heterocycles. The summed E-state index contributed by atoms with van der Waals surface area (Å²) >= 11 is 0. The number of unbranched alkanes of at least 4 members (excludes halogenated alkanes) is 1. The third-order valence-corrected chi connectivity index (χ3v) is 2.64. The summed E-state index contributed by atoms with van der Waals surface area (Å²) in [6, 6.07) is 0. The van der Waals surface area contributed by atoms with Gasteiger partial charge in [0.05, 0.1) is 0 Å². The molecule has 0 saturated carbocycles. The number of aryl methyl sites for hydroxylation is 1. The summed E-state index contributed by atoms with van der Waals surface area (Å²) in [6.07, 6.45) is 13.3. The second kappa shape index (κ2) is 10.8. The highest BCUT2D eigenvalue weighted by Gasteiger charge is 1.98. The van der Waals surface area contributed by atoms with E-state index in [1.165, 1.54) is 16.1 Å². The number of aromatic nitrogens is 1. The third-order valence-electron chi connectivity index (χ3n) is 2.64. The van der Waals surface area contributed by atoms with Crippen LogP contribution in [-0.4, -0.2) is 16.7 Å². The maximum Gasteiger partial charge on any atom is 0.0453 e. The quantitative estimate of drug-likeness (QED) is 0.773. The predicted molar refractivity (Wildman–Crippen MR) is 80.8 cm³/mol. The van der Waals surface area contributed by atoms with E-state index in [4.69, 9.17) is 5.11 Å². The molecular formula is C16H27NO. The zero-order valence-corrected chi connectivity index (χ0v) is 12.2. The van der Waals surface area contributed by atoms with Crippen molar-refractivity contribution in [2.24, 2.45) is 0 Å². The zero-order chi connectivity index (χ0) is 13.8. The molecule has 0 aliphatic rings. The number of aliphatic hydroxyl groups is 1. The van der Waals surface area contributed by atoms with Crippen molar-refractivity contribution < 1.29 is 5.11 Å². The highest BCUT2D eigenvalue weighted by molar-refractivity contribution is 5.39. The van der Waals surface area contributed by atoms with Crippen LogP contribution < -0.4 is 10.6 Å². The Morgan fingerprint density at radius 3 is 2.50 bits per heavy atom. The van der Waals surface area contributed by atoms with Gasteiger partial charge in [0.1, 0.15) is 0 Å². The van der Waals surface area contributed by atoms with Crippen molar-refractivity contribution in [3.8, 4) is 0 Å². The lowest BCUT2D eigenvalue weighted by molar-refractivity contribution is 0.284. The average molecular weight is 249 g/mol. The van der Waals surface area contributed by atoms with Crippen molar-refractivity contribution in [2.75, 3.05) is 6.61 Å². The Morgan fingerprint density at radius 1 is 1.22 bits per heavy atom. The van der Waals surface area contributed by atoms with Crippen LogP contribution in [0, 0.1) is 0 Å². The lowest BCUT2D eigenvalue weighted by Crippen LogP contribution is -2.24. The summed E-state index contributed by atoms with van der Waals surface area (Å²) in [5, 5.41) is 11.2. The lowest BCUT2D eigenvalue weighted by Gasteiger charge is -1.95. The van der Waals surface area contributed by atoms with Crippen molar-refractivity contribution in [2.45, 2.75) is 47.0 Å². The molecule has 0 atom stereocenters. The first-order chi connectivity index (χ1) is 8.83. The SMILES string of the molecule is CC.C\C=C/C=c1/[nH]cc(CCCCO)/c1=C/C. The molecule has 1 rings (SSSR count). The van der Waals surface area contributed by atoms with Gasteiger partial charge in [0, 0.05) is 18.2 Å². The topological polar surface area (TPSA) is 36.0 Å². The molecule has 0 aliphatic heterocycles. The van der Waals surface area contributed by atoms with E-state index in [9.17, 15) is 0 Å². The molecular weight excluding hydrogens is 222 g/mol. The van der Waals surface area contributed by atoms with E-state index in [1.807, 2.05) is 32.9 Å². The Balaban J connectivity index is 0.00000137. The van der Waals surface area contributed by atoms with Crippen LogP contribution in [0.25, 0.3) is 12.2 Å². The van der Waals surface area contributed by atoms with Crippen LogP contribution in [0.2, 0.25) is 0 Å². The molecule has 0 aromatic carbocycles. The summed E-state index contributed by atoms with van der Waals surface area (Å²) in [6.45, 7) is 8.36. The van der Waals surface area contributed by atoms with E-state index in [0.717, 1.165) is 19.3 Å². The predicted octanol–water partition coefficient (Wildman–Crippen LogP) is 2.51. The van der Waals surface area contributed by atoms with Gasteiger partial charge in [0.2, 0.25) is 0 Å². The van der Waals surface area contributed by atoms with Crippen LogP contribution in [0.5, 0.6) is 0 Å². The molecule has 0 bridgehead atoms. The molecule has 2 heteroatoms. The number of allylic oxidation sites excluding steroid dienone is 2. The van der Waals surface area contributed by atoms with E-state index >= 15 is 0 Å². The van der Waals surface area contributed by atoms with E-state index in [-0.39, 0.29) is 6.61 Å². The van der Waals surface area contributed by atoms with Crippen LogP contribution in [0.4, 0.5) is 0 Å². The highest BCUT2D eigenvalue weighted by atomic mass is 16.2. The van der Waals surface area contributed by atoms with Crippen LogP contribution in [0.3, 0.4) is 0 Å². The number of hydrogen-bond acceptors (Lipinski definition) is 1. The van der Waals surface area contributed by atoms with Gasteiger partial charge in [0.15, 0.2) is 0 Å². The monoisotopic (exact) mass is 249 g/mol. The minimum absolute atomic E-state index is 0.285. The smallest absolute Gasteiger partial charge is 0.0453 e. The molecule has 0 aliphatic carbocycles. The van der Waals surface area contributed by atoms with Crippen molar-refractivity contribution >= 4 is 12.2 Å². The maximum absolute atomic E-state index is 8.76. The molecule has 1 aromatic heterocycles. The molecule has 2 N–H and O–H groups in total.